The highest BCUT2D eigenvalue weighted by Crippen LogP contribution is 2.46. The SMILES string of the molecule is c1ccc(-c2ccc(-c3cc(-c4ccc(-c5ccc6oc7ccccc7c6c5)cc4-c4ccc5oc6ccccc6c5c4)nc(-c4ccccc4)n3)cc2)cc1.c1ccc(-c2ccc(-c3cc(-c4ccc(-c5cccc6c5oc5ccccc56)cc4-c4cccc5c4oc4ccccc45)nc(-c4ccccc4)n3)cc2)cc1. The van der Waals surface area contributed by atoms with Crippen LogP contribution in [0.25, 0.3) is 222 Å². The lowest BCUT2D eigenvalue weighted by Crippen LogP contribution is -1.97. The minimum atomic E-state index is 0.661. The zero-order valence-corrected chi connectivity index (χ0v) is 60.4. The Bertz CT molecular complexity index is 7350. The highest BCUT2D eigenvalue weighted by molar-refractivity contribution is 6.13. The van der Waals surface area contributed by atoms with Crippen LogP contribution in [0, 0.1) is 0 Å². The summed E-state index contributed by atoms with van der Waals surface area (Å²) in [5.41, 5.74) is 29.3. The molecule has 8 heteroatoms. The quantitative estimate of drug-likeness (QED) is 0.119. The van der Waals surface area contributed by atoms with Crippen LogP contribution in [0.1, 0.15) is 0 Å². The molecule has 6 aromatic heterocycles. The van der Waals surface area contributed by atoms with Crippen LogP contribution >= 0.6 is 0 Å². The smallest absolute Gasteiger partial charge is 0.160 e. The zero-order chi connectivity index (χ0) is 74.0. The Morgan fingerprint density at radius 3 is 0.938 bits per heavy atom. The lowest BCUT2D eigenvalue weighted by molar-refractivity contribution is 0.668. The molecule has 22 aromatic rings. The Hall–Kier alpha value is -15.1. The van der Waals surface area contributed by atoms with Crippen molar-refractivity contribution >= 4 is 87.8 Å². The molecular formula is C104H64N4O4. The number of nitrogens with zero attached hydrogens (tertiary/aromatic N) is 4. The Morgan fingerprint density at radius 1 is 0.143 bits per heavy atom. The van der Waals surface area contributed by atoms with Crippen molar-refractivity contribution in [2.24, 2.45) is 0 Å². The van der Waals surface area contributed by atoms with Gasteiger partial charge in [-0.1, -0.05) is 315 Å². The normalized spacial score (nSPS) is 11.6. The standard InChI is InChI=1S/2C52H32N2O2/c1-3-13-33(14-4-1)34-25-27-35(28-26-34)46-32-47(54-52(53-46)36-15-5-2-6-16-36)39-30-29-37(38-19-11-20-42-40-17-7-9-23-48(40)55-50(38)42)31-45(39)44-22-12-21-43-41-18-8-10-24-49(41)56-51(43)44;1-3-11-33(12-4-1)34-19-21-35(22-20-34)46-32-47(54-52(53-46)36-13-5-2-6-14-36)40-26-23-37(38-24-27-50-44(30-38)41-15-7-9-17-48(41)55-50)29-43(40)39-25-28-51-45(31-39)42-16-8-10-18-49(42)56-51/h2*1-32H. The van der Waals surface area contributed by atoms with Crippen LogP contribution in [0.3, 0.4) is 0 Å². The monoisotopic (exact) mass is 1430 g/mol. The van der Waals surface area contributed by atoms with E-state index in [0.29, 0.717) is 11.6 Å². The van der Waals surface area contributed by atoms with Gasteiger partial charge in [0.1, 0.15) is 44.7 Å². The van der Waals surface area contributed by atoms with Crippen LogP contribution in [0.5, 0.6) is 0 Å². The van der Waals surface area contributed by atoms with Crippen molar-refractivity contribution in [3.8, 4) is 135 Å². The molecule has 0 atom stereocenters. The van der Waals surface area contributed by atoms with Crippen LogP contribution < -0.4 is 0 Å². The van der Waals surface area contributed by atoms with Gasteiger partial charge < -0.3 is 17.7 Å². The molecule has 0 N–H and O–H groups in total. The van der Waals surface area contributed by atoms with Crippen LogP contribution in [-0.4, -0.2) is 19.9 Å². The van der Waals surface area contributed by atoms with Crippen molar-refractivity contribution < 1.29 is 17.7 Å². The predicted molar refractivity (Wildman–Crippen MR) is 458 cm³/mol. The summed E-state index contributed by atoms with van der Waals surface area (Å²) in [5, 5.41) is 8.73. The maximum atomic E-state index is 6.67. The molecule has 0 radical (unpaired) electrons. The van der Waals surface area contributed by atoms with Gasteiger partial charge in [-0.15, -0.1) is 0 Å². The first-order chi connectivity index (χ1) is 55.5. The summed E-state index contributed by atoms with van der Waals surface area (Å²) in [7, 11) is 0. The van der Waals surface area contributed by atoms with Gasteiger partial charge in [-0.3, -0.25) is 0 Å². The van der Waals surface area contributed by atoms with E-state index in [9.17, 15) is 0 Å². The van der Waals surface area contributed by atoms with Gasteiger partial charge in [0.25, 0.3) is 0 Å². The number of fused-ring (bicyclic) bond motifs is 12. The van der Waals surface area contributed by atoms with E-state index in [4.69, 9.17) is 37.6 Å². The molecule has 524 valence electrons. The van der Waals surface area contributed by atoms with Gasteiger partial charge in [0.2, 0.25) is 0 Å². The third-order valence-corrected chi connectivity index (χ3v) is 21.5. The summed E-state index contributed by atoms with van der Waals surface area (Å²) in [6.45, 7) is 0. The molecule has 6 heterocycles. The molecule has 0 spiro atoms. The van der Waals surface area contributed by atoms with Gasteiger partial charge in [0, 0.05) is 87.6 Å². The van der Waals surface area contributed by atoms with E-state index in [2.05, 4.69) is 291 Å². The first-order valence-electron chi connectivity index (χ1n) is 37.6. The number of para-hydroxylation sites is 6. The summed E-state index contributed by atoms with van der Waals surface area (Å²) in [6.07, 6.45) is 0. The molecule has 16 aromatic carbocycles. The molecule has 8 nitrogen and oxygen atoms in total. The zero-order valence-electron chi connectivity index (χ0n) is 60.4. The molecule has 0 aliphatic rings. The maximum Gasteiger partial charge on any atom is 0.160 e. The van der Waals surface area contributed by atoms with E-state index >= 15 is 0 Å². The van der Waals surface area contributed by atoms with Crippen LogP contribution in [0.15, 0.2) is 406 Å². The fraction of sp³-hybridized carbons (Fsp3) is 0. The van der Waals surface area contributed by atoms with Crippen LogP contribution in [-0.2, 0) is 0 Å². The van der Waals surface area contributed by atoms with Gasteiger partial charge in [-0.25, -0.2) is 19.9 Å². The van der Waals surface area contributed by atoms with E-state index in [1.165, 1.54) is 11.1 Å². The van der Waals surface area contributed by atoms with E-state index in [1.54, 1.807) is 0 Å². The second kappa shape index (κ2) is 27.6. The molecule has 0 unspecified atom stereocenters. The van der Waals surface area contributed by atoms with Gasteiger partial charge >= 0.3 is 0 Å². The highest BCUT2D eigenvalue weighted by Gasteiger charge is 2.23. The number of furan rings is 4. The number of rotatable bonds is 12. The second-order valence-electron chi connectivity index (χ2n) is 28.2. The lowest BCUT2D eigenvalue weighted by Gasteiger charge is -2.15. The Morgan fingerprint density at radius 2 is 0.446 bits per heavy atom. The Kier molecular flexibility index (Phi) is 16.1. The van der Waals surface area contributed by atoms with Gasteiger partial charge in [-0.2, -0.15) is 0 Å². The van der Waals surface area contributed by atoms with Crippen molar-refractivity contribution in [1.82, 2.24) is 19.9 Å². The molecule has 0 aliphatic carbocycles. The fourth-order valence-corrected chi connectivity index (χ4v) is 15.9. The lowest BCUT2D eigenvalue weighted by atomic mass is 9.91. The minimum Gasteiger partial charge on any atom is -0.456 e. The second-order valence-corrected chi connectivity index (χ2v) is 28.2. The highest BCUT2D eigenvalue weighted by atomic mass is 16.3. The van der Waals surface area contributed by atoms with E-state index < -0.39 is 0 Å². The molecule has 0 bridgehead atoms. The van der Waals surface area contributed by atoms with Crippen molar-refractivity contribution in [3.05, 3.63) is 388 Å². The number of aromatic nitrogens is 4. The molecule has 0 fully saturated rings. The first-order valence-corrected chi connectivity index (χ1v) is 37.6. The number of hydrogen-bond acceptors (Lipinski definition) is 8. The molecule has 0 aliphatic heterocycles. The van der Waals surface area contributed by atoms with Gasteiger partial charge in [0.15, 0.2) is 11.6 Å². The van der Waals surface area contributed by atoms with Crippen LogP contribution in [0.2, 0.25) is 0 Å². The Balaban J connectivity index is 0.000000141. The third-order valence-electron chi connectivity index (χ3n) is 21.5. The number of benzene rings is 16. The first kappa shape index (κ1) is 65.2. The van der Waals surface area contributed by atoms with Crippen molar-refractivity contribution in [2.75, 3.05) is 0 Å². The minimum absolute atomic E-state index is 0.661. The van der Waals surface area contributed by atoms with Crippen molar-refractivity contribution in [3.63, 3.8) is 0 Å². The molecule has 22 rings (SSSR count). The average Bonchev–Trinajstić information content (AvgIpc) is 1.57. The van der Waals surface area contributed by atoms with Gasteiger partial charge in [0.05, 0.1) is 22.8 Å². The Labute approximate surface area is 644 Å². The van der Waals surface area contributed by atoms with E-state index in [0.717, 1.165) is 200 Å². The topological polar surface area (TPSA) is 104 Å². The third kappa shape index (κ3) is 11.9. The van der Waals surface area contributed by atoms with E-state index in [-0.39, 0.29) is 0 Å². The molecular weight excluding hydrogens is 1370 g/mol. The summed E-state index contributed by atoms with van der Waals surface area (Å²) < 4.78 is 25.6. The summed E-state index contributed by atoms with van der Waals surface area (Å²) >= 11 is 0. The summed E-state index contributed by atoms with van der Waals surface area (Å²) in [6, 6.07) is 135. The molecule has 0 saturated heterocycles. The fourth-order valence-electron chi connectivity index (χ4n) is 15.9. The maximum absolute atomic E-state index is 6.67. The number of hydrogen-bond donors (Lipinski definition) is 0. The average molecular weight is 1430 g/mol. The van der Waals surface area contributed by atoms with E-state index in [1.807, 2.05) is 97.1 Å². The molecule has 0 saturated carbocycles. The largest absolute Gasteiger partial charge is 0.456 e. The van der Waals surface area contributed by atoms with Gasteiger partial charge in [-0.05, 0) is 128 Å². The summed E-state index contributed by atoms with van der Waals surface area (Å²) in [4.78, 5) is 20.9. The summed E-state index contributed by atoms with van der Waals surface area (Å²) in [5.74, 6) is 1.34. The molecule has 112 heavy (non-hydrogen) atoms. The predicted octanol–water partition coefficient (Wildman–Crippen LogP) is 28.6. The van der Waals surface area contributed by atoms with Crippen molar-refractivity contribution in [2.45, 2.75) is 0 Å². The van der Waals surface area contributed by atoms with Crippen LogP contribution in [0.4, 0.5) is 0 Å². The van der Waals surface area contributed by atoms with Crippen molar-refractivity contribution in [1.29, 1.82) is 0 Å². The molecule has 0 amide bonds.